The lowest BCUT2D eigenvalue weighted by Crippen LogP contribution is -2.50. The molecule has 192 valence electrons. The maximum Gasteiger partial charge on any atom is 0.274 e. The Bertz CT molecular complexity index is 1340. The second kappa shape index (κ2) is 10.0. The second-order valence-corrected chi connectivity index (χ2v) is 9.32. The molecule has 5 rings (SSSR count). The zero-order valence-electron chi connectivity index (χ0n) is 19.7. The van der Waals surface area contributed by atoms with Crippen LogP contribution in [-0.2, 0) is 4.74 Å². The third-order valence-corrected chi connectivity index (χ3v) is 6.74. The summed E-state index contributed by atoms with van der Waals surface area (Å²) in [5.41, 5.74) is 5.71. The topological polar surface area (TPSA) is 110 Å². The zero-order chi connectivity index (χ0) is 26.3. The van der Waals surface area contributed by atoms with Crippen molar-refractivity contribution in [3.05, 3.63) is 83.6 Å². The van der Waals surface area contributed by atoms with Crippen LogP contribution >= 0.6 is 0 Å². The van der Waals surface area contributed by atoms with Crippen molar-refractivity contribution in [3.8, 4) is 11.3 Å². The summed E-state index contributed by atoms with van der Waals surface area (Å²) in [5, 5.41) is 13.1. The minimum Gasteiger partial charge on any atom is -0.389 e. The number of pyridine rings is 2. The van der Waals surface area contributed by atoms with E-state index in [-0.39, 0.29) is 17.2 Å². The van der Waals surface area contributed by atoms with Gasteiger partial charge in [-0.3, -0.25) is 9.78 Å². The van der Waals surface area contributed by atoms with Gasteiger partial charge in [-0.2, -0.15) is 0 Å². The largest absolute Gasteiger partial charge is 0.389 e. The van der Waals surface area contributed by atoms with Crippen molar-refractivity contribution >= 4 is 17.7 Å². The van der Waals surface area contributed by atoms with E-state index in [1.807, 2.05) is 0 Å². The Hall–Kier alpha value is -3.60. The van der Waals surface area contributed by atoms with Crippen LogP contribution in [0.15, 0.2) is 49.3 Å². The third-order valence-electron chi connectivity index (χ3n) is 6.74. The second-order valence-electron chi connectivity index (χ2n) is 9.32. The lowest BCUT2D eigenvalue weighted by Gasteiger charge is -2.38. The zero-order valence-corrected chi connectivity index (χ0v) is 19.7. The number of carbonyl (C=O) groups excluding carboxylic acids is 1. The number of aromatic nitrogens is 2. The predicted molar refractivity (Wildman–Crippen MR) is 131 cm³/mol. The fraction of sp³-hybridized carbons (Fsp3) is 0.296. The van der Waals surface area contributed by atoms with Gasteiger partial charge in [-0.25, -0.2) is 18.2 Å². The summed E-state index contributed by atoms with van der Waals surface area (Å²) in [4.78, 5) is 21.1. The minimum atomic E-state index is -1.04. The summed E-state index contributed by atoms with van der Waals surface area (Å²) < 4.78 is 50.0. The number of halogens is 3. The SMILES string of the molecule is C=Cc1cc(F)c(-c2nc(C(=O)Nc3cnccc3[C@H]3C[C@@H](N)[C@H](O)[C@@H](C4CC4)O3)ccc2F)c(F)c1. The third kappa shape index (κ3) is 5.00. The maximum absolute atomic E-state index is 14.6. The molecule has 1 saturated heterocycles. The van der Waals surface area contributed by atoms with Crippen molar-refractivity contribution in [1.29, 1.82) is 0 Å². The molecule has 7 nitrogen and oxygen atoms in total. The predicted octanol–water partition coefficient (Wildman–Crippen LogP) is 4.38. The standard InChI is InChI=1S/C27H25F3N4O3/c1-2-13-9-17(29)23(18(30)10-13)24-16(28)5-6-20(33-24)27(36)34-21-12-32-8-7-15(21)22-11-19(31)25(35)26(37-22)14-3-4-14/h2,5-10,12,14,19,22,25-26,35H,1,3-4,11,31H2,(H,34,36)/t19-,22-,25+,26-/m1/s1. The molecule has 0 radical (unpaired) electrons. The Morgan fingerprint density at radius 3 is 2.57 bits per heavy atom. The van der Waals surface area contributed by atoms with Crippen LogP contribution in [-0.4, -0.2) is 39.2 Å². The molecule has 3 heterocycles. The number of nitrogens with one attached hydrogen (secondary N) is 1. The molecule has 1 saturated carbocycles. The Kier molecular flexibility index (Phi) is 6.80. The summed E-state index contributed by atoms with van der Waals surface area (Å²) in [7, 11) is 0. The minimum absolute atomic E-state index is 0.179. The van der Waals surface area contributed by atoms with E-state index in [0.29, 0.717) is 17.7 Å². The van der Waals surface area contributed by atoms with Crippen LogP contribution in [0.25, 0.3) is 17.3 Å². The van der Waals surface area contributed by atoms with Crippen LogP contribution < -0.4 is 11.1 Å². The number of benzene rings is 1. The highest BCUT2D eigenvalue weighted by Crippen LogP contribution is 2.43. The highest BCUT2D eigenvalue weighted by atomic mass is 19.1. The van der Waals surface area contributed by atoms with Crippen LogP contribution in [0.4, 0.5) is 18.9 Å². The molecule has 2 aromatic heterocycles. The molecule has 2 aliphatic rings. The van der Waals surface area contributed by atoms with Crippen molar-refractivity contribution in [1.82, 2.24) is 9.97 Å². The van der Waals surface area contributed by atoms with Crippen LogP contribution in [0.3, 0.4) is 0 Å². The van der Waals surface area contributed by atoms with Crippen LogP contribution in [0.2, 0.25) is 0 Å². The normalized spacial score (nSPS) is 23.5. The van der Waals surface area contributed by atoms with Crippen molar-refractivity contribution in [2.45, 2.75) is 43.6 Å². The monoisotopic (exact) mass is 510 g/mol. The van der Waals surface area contributed by atoms with Gasteiger partial charge >= 0.3 is 0 Å². The lowest BCUT2D eigenvalue weighted by molar-refractivity contribution is -0.136. The molecule has 0 spiro atoms. The van der Waals surface area contributed by atoms with Crippen molar-refractivity contribution in [3.63, 3.8) is 0 Å². The number of hydrogen-bond acceptors (Lipinski definition) is 6. The first kappa shape index (κ1) is 25.1. The average molecular weight is 511 g/mol. The van der Waals surface area contributed by atoms with E-state index in [0.717, 1.165) is 37.1 Å². The molecule has 2 fully saturated rings. The van der Waals surface area contributed by atoms with Crippen LogP contribution in [0.1, 0.15) is 47.0 Å². The van der Waals surface area contributed by atoms with Crippen LogP contribution in [0.5, 0.6) is 0 Å². The number of nitrogens with two attached hydrogens (primary N) is 1. The molecule has 1 aromatic carbocycles. The van der Waals surface area contributed by atoms with Gasteiger partial charge in [-0.1, -0.05) is 12.7 Å². The molecule has 1 amide bonds. The molecule has 37 heavy (non-hydrogen) atoms. The smallest absolute Gasteiger partial charge is 0.274 e. The molecule has 4 atom stereocenters. The first-order valence-electron chi connectivity index (χ1n) is 11.9. The quantitative estimate of drug-likeness (QED) is 0.454. The summed E-state index contributed by atoms with van der Waals surface area (Å²) in [6.45, 7) is 3.47. The number of hydrogen-bond donors (Lipinski definition) is 3. The highest BCUT2D eigenvalue weighted by molar-refractivity contribution is 6.03. The van der Waals surface area contributed by atoms with Gasteiger partial charge in [0.1, 0.15) is 28.8 Å². The Morgan fingerprint density at radius 1 is 1.16 bits per heavy atom. The van der Waals surface area contributed by atoms with E-state index in [4.69, 9.17) is 10.5 Å². The first-order chi connectivity index (χ1) is 17.8. The summed E-state index contributed by atoms with van der Waals surface area (Å²) in [5.74, 6) is -3.56. The number of aliphatic hydroxyl groups is 1. The highest BCUT2D eigenvalue weighted by Gasteiger charge is 2.45. The molecular weight excluding hydrogens is 485 g/mol. The molecule has 0 unspecified atom stereocenters. The molecule has 3 aromatic rings. The first-order valence-corrected chi connectivity index (χ1v) is 11.9. The van der Waals surface area contributed by atoms with Gasteiger partial charge in [0.2, 0.25) is 0 Å². The van der Waals surface area contributed by atoms with E-state index in [2.05, 4.69) is 21.9 Å². The van der Waals surface area contributed by atoms with Gasteiger partial charge < -0.3 is 20.9 Å². The van der Waals surface area contributed by atoms with E-state index < -0.39 is 59.0 Å². The summed E-state index contributed by atoms with van der Waals surface area (Å²) in [6, 6.07) is 5.23. The molecular formula is C27H25F3N4O3. The van der Waals surface area contributed by atoms with Gasteiger partial charge in [0.25, 0.3) is 5.91 Å². The Morgan fingerprint density at radius 2 is 1.89 bits per heavy atom. The van der Waals surface area contributed by atoms with E-state index in [1.54, 1.807) is 12.3 Å². The Labute approximate surface area is 211 Å². The number of rotatable bonds is 6. The van der Waals surface area contributed by atoms with Crippen molar-refractivity contribution in [2.75, 3.05) is 5.32 Å². The average Bonchev–Trinajstić information content (AvgIpc) is 3.72. The number of nitrogens with zero attached hydrogens (tertiary/aromatic N) is 2. The number of anilines is 1. The molecule has 1 aliphatic heterocycles. The maximum atomic E-state index is 14.6. The van der Waals surface area contributed by atoms with Gasteiger partial charge in [0, 0.05) is 17.8 Å². The number of ether oxygens (including phenoxy) is 1. The number of aliphatic hydroxyl groups excluding tert-OH is 1. The number of carbonyl (C=O) groups is 1. The van der Waals surface area contributed by atoms with E-state index in [1.165, 1.54) is 12.3 Å². The van der Waals surface area contributed by atoms with Gasteiger partial charge in [-0.15, -0.1) is 0 Å². The fourth-order valence-corrected chi connectivity index (χ4v) is 4.63. The van der Waals surface area contributed by atoms with E-state index >= 15 is 0 Å². The molecule has 4 N–H and O–H groups in total. The van der Waals surface area contributed by atoms with Crippen molar-refractivity contribution in [2.24, 2.45) is 11.7 Å². The fourth-order valence-electron chi connectivity index (χ4n) is 4.63. The van der Waals surface area contributed by atoms with Gasteiger partial charge in [-0.05, 0) is 61.1 Å². The summed E-state index contributed by atoms with van der Waals surface area (Å²) >= 11 is 0. The van der Waals surface area contributed by atoms with Gasteiger partial charge in [0.05, 0.1) is 35.8 Å². The van der Waals surface area contributed by atoms with Crippen LogP contribution in [0, 0.1) is 23.4 Å². The summed E-state index contributed by atoms with van der Waals surface area (Å²) in [6.07, 6.45) is 4.80. The Balaban J connectivity index is 1.42. The number of amides is 1. The molecule has 1 aliphatic carbocycles. The molecule has 0 bridgehead atoms. The van der Waals surface area contributed by atoms with Gasteiger partial charge in [0.15, 0.2) is 0 Å². The van der Waals surface area contributed by atoms with Crippen molar-refractivity contribution < 1.29 is 27.8 Å². The lowest BCUT2D eigenvalue weighted by atomic mass is 9.90. The van der Waals surface area contributed by atoms with E-state index in [9.17, 15) is 23.1 Å². The molecule has 10 heteroatoms.